The number of rotatable bonds is 7. The van der Waals surface area contributed by atoms with Crippen molar-refractivity contribution in [1.82, 2.24) is 15.0 Å². The summed E-state index contributed by atoms with van der Waals surface area (Å²) >= 11 is 5.77. The summed E-state index contributed by atoms with van der Waals surface area (Å²) in [4.78, 5) is 27.6. The monoisotopic (exact) mass is 460 g/mol. The highest BCUT2D eigenvalue weighted by Crippen LogP contribution is 2.25. The Bertz CT molecular complexity index is 1270. The molecule has 168 valence electrons. The number of nitrogens with zero attached hydrogens (tertiary/aromatic N) is 4. The lowest BCUT2D eigenvalue weighted by Gasteiger charge is -2.16. The van der Waals surface area contributed by atoms with E-state index in [1.807, 2.05) is 55.4 Å². The number of carbonyl (C=O) groups is 1. The standard InChI is InChI=1S/C25H25ClN6O/c1-16-5-4-6-20-22(16)30-25(32(2)3)31-23(20)27-14-13-17-7-10-19(11-8-17)29-24(33)18-9-12-21(26)28-15-18/h4-12,15H,13-14H2,1-3H3,(H,29,33)(H,27,30,31). The minimum absolute atomic E-state index is 0.226. The molecule has 7 nitrogen and oxygen atoms in total. The van der Waals surface area contributed by atoms with E-state index in [9.17, 15) is 4.79 Å². The van der Waals surface area contributed by atoms with Crippen molar-refractivity contribution in [2.75, 3.05) is 36.2 Å². The quantitative estimate of drug-likeness (QED) is 0.379. The fourth-order valence-corrected chi connectivity index (χ4v) is 3.52. The predicted octanol–water partition coefficient (Wildman–Crippen LogP) is 4.96. The van der Waals surface area contributed by atoms with Crippen LogP contribution in [0.4, 0.5) is 17.5 Å². The van der Waals surface area contributed by atoms with Gasteiger partial charge in [0, 0.05) is 37.9 Å². The number of amides is 1. The molecule has 0 bridgehead atoms. The molecule has 2 N–H and O–H groups in total. The van der Waals surface area contributed by atoms with Crippen LogP contribution in [-0.4, -0.2) is 41.5 Å². The second-order valence-electron chi connectivity index (χ2n) is 7.94. The number of hydrogen-bond donors (Lipinski definition) is 2. The SMILES string of the molecule is Cc1cccc2c(NCCc3ccc(NC(=O)c4ccc(Cl)nc4)cc3)nc(N(C)C)nc12. The Morgan fingerprint density at radius 1 is 1.03 bits per heavy atom. The molecule has 0 aliphatic rings. The number of fused-ring (bicyclic) bond motifs is 1. The van der Waals surface area contributed by atoms with Gasteiger partial charge in [-0.3, -0.25) is 4.79 Å². The third kappa shape index (κ3) is 5.38. The zero-order valence-corrected chi connectivity index (χ0v) is 19.5. The average Bonchev–Trinajstić information content (AvgIpc) is 2.81. The molecule has 33 heavy (non-hydrogen) atoms. The van der Waals surface area contributed by atoms with Gasteiger partial charge in [-0.05, 0) is 54.8 Å². The topological polar surface area (TPSA) is 83.0 Å². The molecule has 0 radical (unpaired) electrons. The summed E-state index contributed by atoms with van der Waals surface area (Å²) in [5.74, 6) is 1.28. The minimum Gasteiger partial charge on any atom is -0.369 e. The summed E-state index contributed by atoms with van der Waals surface area (Å²) in [6, 6.07) is 17.2. The molecule has 0 atom stereocenters. The summed E-state index contributed by atoms with van der Waals surface area (Å²) in [7, 11) is 3.88. The molecular formula is C25H25ClN6O. The summed E-state index contributed by atoms with van der Waals surface area (Å²) in [5, 5.41) is 7.70. The van der Waals surface area contributed by atoms with Gasteiger partial charge in [-0.15, -0.1) is 0 Å². The van der Waals surface area contributed by atoms with E-state index in [4.69, 9.17) is 21.6 Å². The van der Waals surface area contributed by atoms with E-state index in [1.165, 1.54) is 6.20 Å². The molecule has 2 heterocycles. The molecule has 0 spiro atoms. The van der Waals surface area contributed by atoms with E-state index in [0.717, 1.165) is 46.5 Å². The summed E-state index contributed by atoms with van der Waals surface area (Å²) in [6.45, 7) is 2.78. The molecule has 0 aliphatic heterocycles. The highest BCUT2D eigenvalue weighted by molar-refractivity contribution is 6.29. The maximum absolute atomic E-state index is 12.3. The van der Waals surface area contributed by atoms with E-state index >= 15 is 0 Å². The maximum Gasteiger partial charge on any atom is 0.257 e. The van der Waals surface area contributed by atoms with Gasteiger partial charge in [-0.25, -0.2) is 9.97 Å². The first-order chi connectivity index (χ1) is 15.9. The van der Waals surface area contributed by atoms with Crippen LogP contribution in [0.2, 0.25) is 5.15 Å². The van der Waals surface area contributed by atoms with Crippen LogP contribution >= 0.6 is 11.6 Å². The summed E-state index contributed by atoms with van der Waals surface area (Å²) in [5.41, 5.74) is 4.40. The second kappa shape index (κ2) is 9.83. The molecule has 4 rings (SSSR count). The fourth-order valence-electron chi connectivity index (χ4n) is 3.41. The van der Waals surface area contributed by atoms with E-state index in [0.29, 0.717) is 16.7 Å². The lowest BCUT2D eigenvalue weighted by molar-refractivity contribution is 0.102. The van der Waals surface area contributed by atoms with Gasteiger partial charge in [0.2, 0.25) is 5.95 Å². The largest absolute Gasteiger partial charge is 0.369 e. The van der Waals surface area contributed by atoms with Crippen molar-refractivity contribution in [1.29, 1.82) is 0 Å². The van der Waals surface area contributed by atoms with Crippen molar-refractivity contribution in [3.05, 3.63) is 82.6 Å². The Morgan fingerprint density at radius 2 is 1.82 bits per heavy atom. The number of pyridine rings is 1. The van der Waals surface area contributed by atoms with Crippen molar-refractivity contribution in [3.63, 3.8) is 0 Å². The third-order valence-corrected chi connectivity index (χ3v) is 5.45. The van der Waals surface area contributed by atoms with Gasteiger partial charge in [0.05, 0.1) is 11.1 Å². The lowest BCUT2D eigenvalue weighted by Crippen LogP contribution is -2.15. The molecule has 8 heteroatoms. The smallest absolute Gasteiger partial charge is 0.257 e. The number of aryl methyl sites for hydroxylation is 1. The van der Waals surface area contributed by atoms with Crippen LogP contribution in [0, 0.1) is 6.92 Å². The highest BCUT2D eigenvalue weighted by Gasteiger charge is 2.11. The third-order valence-electron chi connectivity index (χ3n) is 5.22. The van der Waals surface area contributed by atoms with Gasteiger partial charge in [-0.1, -0.05) is 35.9 Å². The van der Waals surface area contributed by atoms with Crippen LogP contribution in [0.15, 0.2) is 60.8 Å². The molecule has 0 aliphatic carbocycles. The molecule has 1 amide bonds. The summed E-state index contributed by atoms with van der Waals surface area (Å²) in [6.07, 6.45) is 2.27. The van der Waals surface area contributed by atoms with Crippen LogP contribution in [-0.2, 0) is 6.42 Å². The van der Waals surface area contributed by atoms with Crippen molar-refractivity contribution in [2.45, 2.75) is 13.3 Å². The molecule has 0 saturated carbocycles. The minimum atomic E-state index is -0.226. The van der Waals surface area contributed by atoms with Gasteiger partial charge in [0.25, 0.3) is 5.91 Å². The Morgan fingerprint density at radius 3 is 2.52 bits per heavy atom. The highest BCUT2D eigenvalue weighted by atomic mass is 35.5. The molecule has 0 fully saturated rings. The number of para-hydroxylation sites is 1. The maximum atomic E-state index is 12.3. The van der Waals surface area contributed by atoms with Gasteiger partial charge >= 0.3 is 0 Å². The first kappa shape index (κ1) is 22.5. The number of carbonyl (C=O) groups excluding carboxylic acids is 1. The zero-order chi connectivity index (χ0) is 23.4. The Kier molecular flexibility index (Phi) is 6.70. The zero-order valence-electron chi connectivity index (χ0n) is 18.8. The number of aromatic nitrogens is 3. The van der Waals surface area contributed by atoms with Crippen LogP contribution in [0.3, 0.4) is 0 Å². The van der Waals surface area contributed by atoms with E-state index in [-0.39, 0.29) is 5.91 Å². The normalized spacial score (nSPS) is 10.8. The molecule has 4 aromatic rings. The predicted molar refractivity (Wildman–Crippen MR) is 134 cm³/mol. The van der Waals surface area contributed by atoms with E-state index < -0.39 is 0 Å². The molecule has 2 aromatic carbocycles. The van der Waals surface area contributed by atoms with E-state index in [2.05, 4.69) is 28.6 Å². The second-order valence-corrected chi connectivity index (χ2v) is 8.32. The number of nitrogens with one attached hydrogen (secondary N) is 2. The van der Waals surface area contributed by atoms with Crippen molar-refractivity contribution >= 4 is 45.9 Å². The van der Waals surface area contributed by atoms with Crippen molar-refractivity contribution in [2.24, 2.45) is 0 Å². The Labute approximate surface area is 197 Å². The van der Waals surface area contributed by atoms with E-state index in [1.54, 1.807) is 12.1 Å². The molecule has 2 aromatic heterocycles. The fraction of sp³-hybridized carbons (Fsp3) is 0.200. The first-order valence-electron chi connectivity index (χ1n) is 10.6. The first-order valence-corrected chi connectivity index (χ1v) is 11.0. The van der Waals surface area contributed by atoms with Crippen LogP contribution in [0.1, 0.15) is 21.5 Å². The van der Waals surface area contributed by atoms with Gasteiger partial charge in [0.1, 0.15) is 11.0 Å². The van der Waals surface area contributed by atoms with Crippen LogP contribution < -0.4 is 15.5 Å². The van der Waals surface area contributed by atoms with Crippen LogP contribution in [0.25, 0.3) is 10.9 Å². The van der Waals surface area contributed by atoms with Gasteiger partial charge in [0.15, 0.2) is 0 Å². The Balaban J connectivity index is 1.40. The molecule has 0 unspecified atom stereocenters. The average molecular weight is 461 g/mol. The number of benzene rings is 2. The molecule has 0 saturated heterocycles. The van der Waals surface area contributed by atoms with Crippen LogP contribution in [0.5, 0.6) is 0 Å². The molecular weight excluding hydrogens is 436 g/mol. The Hall–Kier alpha value is -3.71. The summed E-state index contributed by atoms with van der Waals surface area (Å²) < 4.78 is 0. The van der Waals surface area contributed by atoms with Crippen molar-refractivity contribution in [3.8, 4) is 0 Å². The lowest BCUT2D eigenvalue weighted by atomic mass is 10.1. The number of anilines is 3. The van der Waals surface area contributed by atoms with Gasteiger partial charge in [-0.2, -0.15) is 4.98 Å². The van der Waals surface area contributed by atoms with Crippen molar-refractivity contribution < 1.29 is 4.79 Å². The van der Waals surface area contributed by atoms with Gasteiger partial charge < -0.3 is 15.5 Å². The number of hydrogen-bond acceptors (Lipinski definition) is 6. The number of halogens is 1.